The predicted molar refractivity (Wildman–Crippen MR) is 124 cm³/mol. The van der Waals surface area contributed by atoms with E-state index in [9.17, 15) is 13.2 Å². The number of hydrogen-bond donors (Lipinski definition) is 1. The average Bonchev–Trinajstić information content (AvgIpc) is 3.20. The van der Waals surface area contributed by atoms with Crippen molar-refractivity contribution in [2.75, 3.05) is 31.9 Å². The van der Waals surface area contributed by atoms with Crippen LogP contribution in [0.25, 0.3) is 0 Å². The van der Waals surface area contributed by atoms with E-state index >= 15 is 0 Å². The fraction of sp³-hybridized carbons (Fsp3) is 0.650. The zero-order chi connectivity index (χ0) is 21.1. The summed E-state index contributed by atoms with van der Waals surface area (Å²) in [4.78, 5) is 14.9. The minimum Gasteiger partial charge on any atom is -0.319 e. The van der Waals surface area contributed by atoms with Crippen molar-refractivity contribution in [2.45, 2.75) is 49.0 Å². The summed E-state index contributed by atoms with van der Waals surface area (Å²) < 4.78 is 24.9. The van der Waals surface area contributed by atoms with Gasteiger partial charge < -0.3 is 5.32 Å². The van der Waals surface area contributed by atoms with E-state index in [1.54, 1.807) is 28.6 Å². The van der Waals surface area contributed by atoms with Gasteiger partial charge in [0.25, 0.3) is 5.91 Å². The number of rotatable bonds is 7. The summed E-state index contributed by atoms with van der Waals surface area (Å²) in [5.74, 6) is -0.147. The number of alkyl halides is 2. The average molecular weight is 499 g/mol. The molecular formula is C20H30Cl3N3O3S. The summed E-state index contributed by atoms with van der Waals surface area (Å²) in [7, 11) is -3.22. The van der Waals surface area contributed by atoms with Gasteiger partial charge >= 0.3 is 0 Å². The highest BCUT2D eigenvalue weighted by molar-refractivity contribution is 7.89. The maximum Gasteiger partial charge on any atom is 0.253 e. The molecule has 1 aromatic rings. The van der Waals surface area contributed by atoms with Gasteiger partial charge in [-0.15, -0.1) is 12.4 Å². The SMILES string of the molecule is CCCS(=O)(=O)N1CCN(C2(C(Cl)(Cl)NC(=O)c3ccccc3)CCCC2)CC1.Cl. The number of benzene rings is 1. The lowest BCUT2D eigenvalue weighted by molar-refractivity contribution is 0.0348. The third kappa shape index (κ3) is 5.25. The van der Waals surface area contributed by atoms with Gasteiger partial charge in [0.1, 0.15) is 0 Å². The lowest BCUT2D eigenvalue weighted by atomic mass is 9.92. The van der Waals surface area contributed by atoms with Crippen molar-refractivity contribution in [1.29, 1.82) is 0 Å². The molecule has 1 N–H and O–H groups in total. The van der Waals surface area contributed by atoms with Crippen molar-refractivity contribution in [3.63, 3.8) is 0 Å². The molecule has 170 valence electrons. The topological polar surface area (TPSA) is 69.7 Å². The number of nitrogens with zero attached hydrogens (tertiary/aromatic N) is 2. The van der Waals surface area contributed by atoms with Crippen LogP contribution >= 0.6 is 35.6 Å². The van der Waals surface area contributed by atoms with Crippen LogP contribution in [0.5, 0.6) is 0 Å². The summed E-state index contributed by atoms with van der Waals surface area (Å²) >= 11 is 13.6. The second-order valence-electron chi connectivity index (χ2n) is 7.84. The number of amides is 1. The first-order valence-corrected chi connectivity index (χ1v) is 12.6. The number of nitrogens with one attached hydrogen (secondary N) is 1. The smallest absolute Gasteiger partial charge is 0.253 e. The van der Waals surface area contributed by atoms with Crippen LogP contribution in [0.3, 0.4) is 0 Å². The van der Waals surface area contributed by atoms with Crippen molar-refractivity contribution < 1.29 is 13.2 Å². The standard InChI is InChI=1S/C20H29Cl2N3O3S.ClH/c1-2-16-29(27,28)25-14-12-24(13-15-25)19(10-6-7-11-19)20(21,22)23-18(26)17-8-4-3-5-9-17;/h3-5,8-9H,2,6-7,10-16H2,1H3,(H,23,26);1H. The Kier molecular flexibility index (Phi) is 8.87. The number of sulfonamides is 1. The fourth-order valence-corrected chi connectivity index (χ4v) is 6.77. The quantitative estimate of drug-likeness (QED) is 0.460. The van der Waals surface area contributed by atoms with Gasteiger partial charge in [0, 0.05) is 31.7 Å². The van der Waals surface area contributed by atoms with Gasteiger partial charge in [-0.1, -0.05) is 61.2 Å². The lowest BCUT2D eigenvalue weighted by Crippen LogP contribution is -2.67. The predicted octanol–water partition coefficient (Wildman–Crippen LogP) is 3.64. The Labute approximate surface area is 195 Å². The first kappa shape index (κ1) is 25.7. The van der Waals surface area contributed by atoms with E-state index in [0.717, 1.165) is 25.7 Å². The van der Waals surface area contributed by atoms with Gasteiger partial charge in [-0.05, 0) is 31.4 Å². The van der Waals surface area contributed by atoms with E-state index in [2.05, 4.69) is 10.2 Å². The van der Waals surface area contributed by atoms with Crippen LogP contribution in [0, 0.1) is 0 Å². The largest absolute Gasteiger partial charge is 0.319 e. The van der Waals surface area contributed by atoms with Crippen LogP contribution in [0.4, 0.5) is 0 Å². The van der Waals surface area contributed by atoms with Crippen LogP contribution < -0.4 is 5.32 Å². The van der Waals surface area contributed by atoms with Crippen LogP contribution in [-0.2, 0) is 10.0 Å². The molecule has 6 nitrogen and oxygen atoms in total. The molecule has 0 spiro atoms. The zero-order valence-corrected chi connectivity index (χ0v) is 20.3. The minimum absolute atomic E-state index is 0. The first-order chi connectivity index (χ1) is 13.7. The highest BCUT2D eigenvalue weighted by Crippen LogP contribution is 2.48. The molecule has 0 unspecified atom stereocenters. The van der Waals surface area contributed by atoms with Gasteiger partial charge in [0.2, 0.25) is 14.5 Å². The number of piperazine rings is 1. The van der Waals surface area contributed by atoms with E-state index in [0.29, 0.717) is 38.2 Å². The normalized spacial score (nSPS) is 20.5. The number of carbonyl (C=O) groups excluding carboxylic acids is 1. The summed E-state index contributed by atoms with van der Waals surface area (Å²) in [5.41, 5.74) is -0.108. The molecular weight excluding hydrogens is 469 g/mol. The summed E-state index contributed by atoms with van der Waals surface area (Å²) in [6, 6.07) is 8.87. The van der Waals surface area contributed by atoms with E-state index < -0.39 is 20.0 Å². The summed E-state index contributed by atoms with van der Waals surface area (Å²) in [6.45, 7) is 3.80. The van der Waals surface area contributed by atoms with Crippen LogP contribution in [0.1, 0.15) is 49.4 Å². The molecule has 0 bridgehead atoms. The molecule has 1 amide bonds. The molecule has 2 aliphatic rings. The van der Waals surface area contributed by atoms with E-state index in [4.69, 9.17) is 23.2 Å². The Hall–Kier alpha value is -0.570. The number of halogens is 3. The fourth-order valence-electron chi connectivity index (χ4n) is 4.49. The van der Waals surface area contributed by atoms with Gasteiger partial charge in [-0.3, -0.25) is 9.69 Å². The van der Waals surface area contributed by atoms with E-state index in [1.807, 2.05) is 13.0 Å². The molecule has 30 heavy (non-hydrogen) atoms. The summed E-state index contributed by atoms with van der Waals surface area (Å²) in [5, 5.41) is 2.83. The molecule has 1 saturated heterocycles. The van der Waals surface area contributed by atoms with Gasteiger partial charge in [0.15, 0.2) is 0 Å². The molecule has 1 aromatic carbocycles. The Morgan fingerprint density at radius 2 is 1.67 bits per heavy atom. The third-order valence-corrected chi connectivity index (χ3v) is 8.99. The lowest BCUT2D eigenvalue weighted by Gasteiger charge is -2.51. The third-order valence-electron chi connectivity index (χ3n) is 6.02. The zero-order valence-electron chi connectivity index (χ0n) is 17.1. The molecule has 10 heteroatoms. The maximum atomic E-state index is 12.7. The summed E-state index contributed by atoms with van der Waals surface area (Å²) in [6.07, 6.45) is 4.06. The Morgan fingerprint density at radius 1 is 1.10 bits per heavy atom. The molecule has 0 aromatic heterocycles. The van der Waals surface area contributed by atoms with Gasteiger partial charge in [0.05, 0.1) is 11.3 Å². The maximum absolute atomic E-state index is 12.7. The second-order valence-corrected chi connectivity index (χ2v) is 11.3. The molecule has 0 atom stereocenters. The van der Waals surface area contributed by atoms with Crippen molar-refractivity contribution in [1.82, 2.24) is 14.5 Å². The van der Waals surface area contributed by atoms with Crippen LogP contribution in [-0.4, -0.2) is 65.5 Å². The molecule has 1 heterocycles. The van der Waals surface area contributed by atoms with Crippen molar-refractivity contribution in [3.8, 4) is 0 Å². The van der Waals surface area contributed by atoms with E-state index in [1.165, 1.54) is 0 Å². The molecule has 1 aliphatic carbocycles. The van der Waals surface area contributed by atoms with Crippen molar-refractivity contribution >= 4 is 51.5 Å². The van der Waals surface area contributed by atoms with Crippen LogP contribution in [0.15, 0.2) is 30.3 Å². The highest BCUT2D eigenvalue weighted by atomic mass is 35.5. The van der Waals surface area contributed by atoms with Gasteiger partial charge in [-0.2, -0.15) is 4.31 Å². The highest BCUT2D eigenvalue weighted by Gasteiger charge is 2.56. The molecule has 1 saturated carbocycles. The monoisotopic (exact) mass is 497 g/mol. The van der Waals surface area contributed by atoms with Gasteiger partial charge in [-0.25, -0.2) is 8.42 Å². The Balaban J connectivity index is 0.00000320. The first-order valence-electron chi connectivity index (χ1n) is 10.2. The van der Waals surface area contributed by atoms with Crippen molar-refractivity contribution in [3.05, 3.63) is 35.9 Å². The minimum atomic E-state index is -3.22. The van der Waals surface area contributed by atoms with Crippen LogP contribution in [0.2, 0.25) is 0 Å². The Bertz CT molecular complexity index is 807. The van der Waals surface area contributed by atoms with Crippen molar-refractivity contribution in [2.24, 2.45) is 0 Å². The molecule has 2 fully saturated rings. The molecule has 3 rings (SSSR count). The molecule has 1 aliphatic heterocycles. The second kappa shape index (κ2) is 10.4. The number of carbonyl (C=O) groups is 1. The Morgan fingerprint density at radius 3 is 2.20 bits per heavy atom. The molecule has 0 radical (unpaired) electrons. The number of hydrogen-bond acceptors (Lipinski definition) is 4. The van der Waals surface area contributed by atoms with E-state index in [-0.39, 0.29) is 24.1 Å².